The molecule has 0 bridgehead atoms. The van der Waals surface area contributed by atoms with Crippen LogP contribution in [0.3, 0.4) is 0 Å². The van der Waals surface area contributed by atoms with Gasteiger partial charge in [0, 0.05) is 11.5 Å². The van der Waals surface area contributed by atoms with Crippen LogP contribution in [0.4, 0.5) is 9.18 Å². The van der Waals surface area contributed by atoms with Crippen molar-refractivity contribution in [1.29, 1.82) is 0 Å². The predicted molar refractivity (Wildman–Crippen MR) is 118 cm³/mol. The van der Waals surface area contributed by atoms with Gasteiger partial charge in [-0.3, -0.25) is 4.79 Å². The summed E-state index contributed by atoms with van der Waals surface area (Å²) in [6.07, 6.45) is -0.966. The molecule has 3 aromatic carbocycles. The van der Waals surface area contributed by atoms with Gasteiger partial charge in [-0.05, 0) is 39.9 Å². The summed E-state index contributed by atoms with van der Waals surface area (Å²) in [7, 11) is 0. The number of carbonyl (C=O) groups is 2. The molecule has 5 nitrogen and oxygen atoms in total. The van der Waals surface area contributed by atoms with Gasteiger partial charge in [-0.1, -0.05) is 66.4 Å². The fourth-order valence-electron chi connectivity index (χ4n) is 3.84. The zero-order chi connectivity index (χ0) is 22.5. The number of aliphatic carboxylic acids is 1. The Morgan fingerprint density at radius 3 is 2.28 bits per heavy atom. The van der Waals surface area contributed by atoms with Crippen molar-refractivity contribution in [2.24, 2.45) is 0 Å². The van der Waals surface area contributed by atoms with E-state index in [1.165, 1.54) is 12.1 Å². The number of hydrogen-bond acceptors (Lipinski definition) is 3. The van der Waals surface area contributed by atoms with Crippen LogP contribution >= 0.6 is 0 Å². The van der Waals surface area contributed by atoms with Gasteiger partial charge in [0.25, 0.3) is 0 Å². The van der Waals surface area contributed by atoms with Gasteiger partial charge in [0.15, 0.2) is 0 Å². The molecule has 6 heteroatoms. The largest absolute Gasteiger partial charge is 0.481 e. The van der Waals surface area contributed by atoms with Crippen molar-refractivity contribution in [3.8, 4) is 23.0 Å². The fraction of sp³-hybridized carbons (Fsp3) is 0.154. The minimum Gasteiger partial charge on any atom is -0.481 e. The van der Waals surface area contributed by atoms with Crippen LogP contribution in [0.2, 0.25) is 0 Å². The van der Waals surface area contributed by atoms with Crippen molar-refractivity contribution in [1.82, 2.24) is 5.32 Å². The Hall–Kier alpha value is -4.11. The minimum atomic E-state index is -1.10. The van der Waals surface area contributed by atoms with Gasteiger partial charge in [0.05, 0.1) is 13.0 Å². The van der Waals surface area contributed by atoms with E-state index in [0.29, 0.717) is 5.56 Å². The molecule has 0 spiro atoms. The second-order valence-electron chi connectivity index (χ2n) is 7.36. The van der Waals surface area contributed by atoms with E-state index < -0.39 is 17.9 Å². The number of nitrogens with one attached hydrogen (secondary N) is 1. The molecule has 0 aromatic heterocycles. The van der Waals surface area contributed by atoms with Gasteiger partial charge in [0.2, 0.25) is 0 Å². The highest BCUT2D eigenvalue weighted by Gasteiger charge is 2.28. The monoisotopic (exact) mass is 429 g/mol. The van der Waals surface area contributed by atoms with Crippen LogP contribution in [0.15, 0.2) is 66.7 Å². The van der Waals surface area contributed by atoms with Crippen LogP contribution in [-0.4, -0.2) is 30.3 Å². The molecule has 160 valence electrons. The lowest BCUT2D eigenvalue weighted by molar-refractivity contribution is -0.136. The summed E-state index contributed by atoms with van der Waals surface area (Å²) >= 11 is 0. The number of carboxylic acid groups (broad SMARTS) is 1. The Morgan fingerprint density at radius 2 is 1.66 bits per heavy atom. The maximum Gasteiger partial charge on any atom is 0.407 e. The van der Waals surface area contributed by atoms with E-state index in [1.807, 2.05) is 36.4 Å². The summed E-state index contributed by atoms with van der Waals surface area (Å²) in [6.45, 7) is 0.249. The third-order valence-electron chi connectivity index (χ3n) is 5.29. The van der Waals surface area contributed by atoms with Gasteiger partial charge in [0.1, 0.15) is 12.4 Å². The molecule has 0 heterocycles. The highest BCUT2D eigenvalue weighted by atomic mass is 19.1. The quantitative estimate of drug-likeness (QED) is 0.592. The maximum absolute atomic E-state index is 13.9. The molecule has 0 radical (unpaired) electrons. The summed E-state index contributed by atoms with van der Waals surface area (Å²) in [5, 5.41) is 11.3. The van der Waals surface area contributed by atoms with Crippen LogP contribution in [0.25, 0.3) is 11.1 Å². The fourth-order valence-corrected chi connectivity index (χ4v) is 3.84. The Morgan fingerprint density at radius 1 is 1.00 bits per heavy atom. The third-order valence-corrected chi connectivity index (χ3v) is 5.29. The van der Waals surface area contributed by atoms with Crippen LogP contribution in [-0.2, 0) is 16.0 Å². The molecule has 0 fully saturated rings. The van der Waals surface area contributed by atoms with E-state index in [9.17, 15) is 14.0 Å². The van der Waals surface area contributed by atoms with E-state index >= 15 is 0 Å². The van der Waals surface area contributed by atoms with Crippen molar-refractivity contribution < 1.29 is 23.8 Å². The number of carboxylic acids is 1. The number of amides is 1. The Labute approximate surface area is 184 Å². The number of carbonyl (C=O) groups excluding carboxylic acids is 1. The summed E-state index contributed by atoms with van der Waals surface area (Å²) in [6, 6.07) is 20.3. The first-order chi connectivity index (χ1) is 15.5. The van der Waals surface area contributed by atoms with E-state index in [-0.39, 0.29) is 31.1 Å². The lowest BCUT2D eigenvalue weighted by atomic mass is 9.98. The first-order valence-electron chi connectivity index (χ1n) is 10.1. The molecule has 32 heavy (non-hydrogen) atoms. The van der Waals surface area contributed by atoms with Gasteiger partial charge in [-0.25, -0.2) is 9.18 Å². The van der Waals surface area contributed by atoms with Crippen LogP contribution in [0.1, 0.15) is 28.2 Å². The molecule has 0 atom stereocenters. The van der Waals surface area contributed by atoms with E-state index in [2.05, 4.69) is 29.3 Å². The molecule has 2 N–H and O–H groups in total. The molecule has 1 amide bonds. The SMILES string of the molecule is O=C(O)Cc1ccc(C#CCNC(=O)OCC2c3ccccc3-c3ccccc32)cc1F. The average Bonchev–Trinajstić information content (AvgIpc) is 3.10. The van der Waals surface area contributed by atoms with Gasteiger partial charge in [-0.15, -0.1) is 0 Å². The second kappa shape index (κ2) is 9.36. The molecule has 0 unspecified atom stereocenters. The second-order valence-corrected chi connectivity index (χ2v) is 7.36. The predicted octanol–water partition coefficient (Wildman–Crippen LogP) is 4.34. The molecular weight excluding hydrogens is 409 g/mol. The minimum absolute atomic E-state index is 0.0217. The van der Waals surface area contributed by atoms with Crippen LogP contribution in [0, 0.1) is 17.7 Å². The first kappa shape index (κ1) is 21.1. The first-order valence-corrected chi connectivity index (χ1v) is 10.1. The highest BCUT2D eigenvalue weighted by Crippen LogP contribution is 2.44. The number of alkyl carbamates (subject to hydrolysis) is 1. The van der Waals surface area contributed by atoms with E-state index in [1.54, 1.807) is 6.07 Å². The normalized spacial score (nSPS) is 11.7. The Balaban J connectivity index is 1.32. The maximum atomic E-state index is 13.9. The summed E-state index contributed by atoms with van der Waals surface area (Å²) in [5.41, 5.74) is 5.07. The van der Waals surface area contributed by atoms with Crippen molar-refractivity contribution in [3.63, 3.8) is 0 Å². The van der Waals surface area contributed by atoms with Crippen molar-refractivity contribution in [3.05, 3.63) is 94.8 Å². The van der Waals surface area contributed by atoms with Gasteiger partial charge >= 0.3 is 12.1 Å². The lowest BCUT2D eigenvalue weighted by Gasteiger charge is -2.14. The summed E-state index contributed by atoms with van der Waals surface area (Å²) in [5.74, 6) is 3.73. The number of benzene rings is 3. The van der Waals surface area contributed by atoms with Gasteiger partial charge in [-0.2, -0.15) is 0 Å². The number of ether oxygens (including phenoxy) is 1. The molecule has 0 saturated heterocycles. The van der Waals surface area contributed by atoms with Crippen LogP contribution in [0.5, 0.6) is 0 Å². The Kier molecular flexibility index (Phi) is 6.18. The van der Waals surface area contributed by atoms with Crippen LogP contribution < -0.4 is 5.32 Å². The Bertz CT molecular complexity index is 1200. The average molecular weight is 429 g/mol. The number of fused-ring (bicyclic) bond motifs is 3. The molecule has 1 aliphatic carbocycles. The molecule has 0 aliphatic heterocycles. The lowest BCUT2D eigenvalue weighted by Crippen LogP contribution is -2.26. The molecule has 0 saturated carbocycles. The number of halogens is 1. The van der Waals surface area contributed by atoms with Crippen molar-refractivity contribution in [2.75, 3.05) is 13.2 Å². The molecular formula is C26H20FNO4. The summed E-state index contributed by atoms with van der Waals surface area (Å²) < 4.78 is 19.3. The third kappa shape index (κ3) is 4.62. The smallest absolute Gasteiger partial charge is 0.407 e. The van der Waals surface area contributed by atoms with Crippen molar-refractivity contribution >= 4 is 12.1 Å². The summed E-state index contributed by atoms with van der Waals surface area (Å²) in [4.78, 5) is 22.8. The zero-order valence-corrected chi connectivity index (χ0v) is 17.1. The zero-order valence-electron chi connectivity index (χ0n) is 17.1. The van der Waals surface area contributed by atoms with E-state index in [4.69, 9.17) is 9.84 Å². The van der Waals surface area contributed by atoms with Crippen molar-refractivity contribution in [2.45, 2.75) is 12.3 Å². The molecule has 1 aliphatic rings. The molecule has 4 rings (SSSR count). The topological polar surface area (TPSA) is 75.6 Å². The van der Waals surface area contributed by atoms with E-state index in [0.717, 1.165) is 22.3 Å². The number of rotatable bonds is 5. The molecule has 3 aromatic rings. The highest BCUT2D eigenvalue weighted by molar-refractivity contribution is 5.79. The van der Waals surface area contributed by atoms with Gasteiger partial charge < -0.3 is 15.2 Å². The standard InChI is InChI=1S/C26H20FNO4/c27-24-14-17(11-12-18(24)15-25(29)30)6-5-13-28-26(31)32-16-23-21-9-3-1-7-19(21)20-8-2-4-10-22(20)23/h1-4,7-12,14,23H,13,15-16H2,(H,28,31)(H,29,30). The number of hydrogen-bond donors (Lipinski definition) is 2.